The van der Waals surface area contributed by atoms with Gasteiger partial charge >= 0.3 is 57.4 Å². The van der Waals surface area contributed by atoms with Crippen LogP contribution in [-0.4, -0.2) is 47.3 Å². The zero-order valence-corrected chi connectivity index (χ0v) is 7.09. The summed E-state index contributed by atoms with van der Waals surface area (Å²) in [7, 11) is 3.78. The number of Topliss-reactive ketones (excluding diaryl/α,β-unsaturated/α-hetero) is 1. The molecule has 0 rings (SSSR count). The van der Waals surface area contributed by atoms with Gasteiger partial charge in [0.15, 0.2) is 0 Å². The summed E-state index contributed by atoms with van der Waals surface area (Å²) in [6.45, 7) is 0.564. The average molecular weight is 180 g/mol. The average Bonchev–Trinajstić information content (AvgIpc) is 1.65. The van der Waals surface area contributed by atoms with E-state index in [1.807, 2.05) is 19.0 Å². The summed E-state index contributed by atoms with van der Waals surface area (Å²) in [5.41, 5.74) is 0. The van der Waals surface area contributed by atoms with Gasteiger partial charge in [-0.05, 0) is 0 Å². The van der Waals surface area contributed by atoms with Crippen LogP contribution in [0.4, 0.5) is 0 Å². The van der Waals surface area contributed by atoms with E-state index in [4.69, 9.17) is 0 Å². The second kappa shape index (κ2) is 4.07. The van der Waals surface area contributed by atoms with Crippen LogP contribution in [0.1, 0.15) is 0 Å². The molecule has 0 aromatic heterocycles. The number of carbonyl (C=O) groups excluding carboxylic acids is 1. The summed E-state index contributed by atoms with van der Waals surface area (Å²) in [6, 6.07) is 0. The first-order valence-corrected chi connectivity index (χ1v) is 3.77. The fourth-order valence-corrected chi connectivity index (χ4v) is 0.613. The Labute approximate surface area is 58.1 Å². The Kier molecular flexibility index (Phi) is 4.15. The minimum atomic E-state index is 0.273. The Morgan fingerprint density at radius 2 is 2.12 bits per heavy atom. The quantitative estimate of drug-likeness (QED) is 0.542. The van der Waals surface area contributed by atoms with E-state index in [0.717, 1.165) is 0 Å². The van der Waals surface area contributed by atoms with Crippen molar-refractivity contribution in [2.75, 3.05) is 20.6 Å². The van der Waals surface area contributed by atoms with Crippen LogP contribution in [-0.2, 0) is 4.79 Å². The van der Waals surface area contributed by atoms with E-state index in [0.29, 0.717) is 11.9 Å². The number of carbonyl (C=O) groups is 1. The fraction of sp³-hybridized carbons (Fsp3) is 0.800. The molecule has 2 nitrogen and oxygen atoms in total. The molecule has 0 unspecified atom stereocenters. The van der Waals surface area contributed by atoms with Crippen LogP contribution < -0.4 is 0 Å². The maximum absolute atomic E-state index is 10.6. The number of hydrogen-bond donors (Lipinski definition) is 0. The number of rotatable bonds is 3. The number of nitrogens with zero attached hydrogens (tertiary/aromatic N) is 1. The SMILES string of the molecule is CN(C)CC(=O)C[SeH]. The molecule has 48 valence electrons. The third-order valence-corrected chi connectivity index (χ3v) is 1.41. The molecule has 0 atom stereocenters. The summed E-state index contributed by atoms with van der Waals surface area (Å²) in [5, 5.41) is 0.588. The van der Waals surface area contributed by atoms with Crippen molar-refractivity contribution in [3.63, 3.8) is 0 Å². The topological polar surface area (TPSA) is 20.3 Å². The van der Waals surface area contributed by atoms with E-state index in [-0.39, 0.29) is 5.78 Å². The fourth-order valence-electron chi connectivity index (χ4n) is 0.403. The third-order valence-electron chi connectivity index (χ3n) is 0.669. The Balaban J connectivity index is 3.25. The molecule has 0 amide bonds. The van der Waals surface area contributed by atoms with Crippen LogP contribution in [0, 0.1) is 0 Å². The third kappa shape index (κ3) is 4.31. The van der Waals surface area contributed by atoms with Gasteiger partial charge in [-0.3, -0.25) is 0 Å². The zero-order valence-electron chi connectivity index (χ0n) is 5.22. The van der Waals surface area contributed by atoms with E-state index in [1.165, 1.54) is 0 Å². The summed E-state index contributed by atoms with van der Waals surface area (Å²) < 4.78 is 0. The van der Waals surface area contributed by atoms with E-state index in [2.05, 4.69) is 16.0 Å². The molecule has 0 aromatic rings. The molecular formula is C5H11NOSe. The van der Waals surface area contributed by atoms with Gasteiger partial charge in [-0.2, -0.15) is 0 Å². The van der Waals surface area contributed by atoms with Crippen molar-refractivity contribution in [3.8, 4) is 0 Å². The second-order valence-corrected chi connectivity index (χ2v) is 2.60. The molecule has 0 saturated carbocycles. The van der Waals surface area contributed by atoms with Gasteiger partial charge in [-0.1, -0.05) is 0 Å². The number of hydrogen-bond acceptors (Lipinski definition) is 2. The summed E-state index contributed by atoms with van der Waals surface area (Å²) in [5.74, 6) is 0.273. The van der Waals surface area contributed by atoms with Crippen molar-refractivity contribution < 1.29 is 4.79 Å². The van der Waals surface area contributed by atoms with Crippen molar-refractivity contribution in [1.82, 2.24) is 4.90 Å². The predicted molar refractivity (Wildman–Crippen MR) is 35.5 cm³/mol. The Hall–Kier alpha value is 0.149. The van der Waals surface area contributed by atoms with Crippen molar-refractivity contribution in [2.45, 2.75) is 5.32 Å². The molecule has 0 aliphatic rings. The molecule has 0 aliphatic carbocycles. The number of ketones is 1. The molecular weight excluding hydrogens is 169 g/mol. The summed E-state index contributed by atoms with van der Waals surface area (Å²) in [4.78, 5) is 12.4. The molecule has 0 N–H and O–H groups in total. The first-order valence-electron chi connectivity index (χ1n) is 2.44. The molecule has 0 aliphatic heterocycles. The van der Waals surface area contributed by atoms with Crippen molar-refractivity contribution in [3.05, 3.63) is 0 Å². The Morgan fingerprint density at radius 3 is 2.25 bits per heavy atom. The van der Waals surface area contributed by atoms with E-state index >= 15 is 0 Å². The molecule has 0 heterocycles. The van der Waals surface area contributed by atoms with Gasteiger partial charge in [0.25, 0.3) is 0 Å². The summed E-state index contributed by atoms with van der Waals surface area (Å²) in [6.07, 6.45) is 0. The van der Waals surface area contributed by atoms with Crippen molar-refractivity contribution in [1.29, 1.82) is 0 Å². The van der Waals surface area contributed by atoms with Gasteiger partial charge < -0.3 is 0 Å². The van der Waals surface area contributed by atoms with Crippen LogP contribution in [0.3, 0.4) is 0 Å². The minimum absolute atomic E-state index is 0.273. The molecule has 0 saturated heterocycles. The molecule has 8 heavy (non-hydrogen) atoms. The Morgan fingerprint density at radius 1 is 1.62 bits per heavy atom. The van der Waals surface area contributed by atoms with E-state index in [1.54, 1.807) is 0 Å². The predicted octanol–water partition coefficient (Wildman–Crippen LogP) is -0.564. The monoisotopic (exact) mass is 181 g/mol. The van der Waals surface area contributed by atoms with Crippen molar-refractivity contribution >= 4 is 21.8 Å². The van der Waals surface area contributed by atoms with Gasteiger partial charge in [0.05, 0.1) is 0 Å². The molecule has 0 bridgehead atoms. The van der Waals surface area contributed by atoms with Crippen molar-refractivity contribution in [2.24, 2.45) is 0 Å². The normalized spacial score (nSPS) is 10.0. The van der Waals surface area contributed by atoms with Crippen LogP contribution >= 0.6 is 0 Å². The van der Waals surface area contributed by atoms with Gasteiger partial charge in [-0.15, -0.1) is 0 Å². The first-order chi connectivity index (χ1) is 3.66. The molecule has 3 heteroatoms. The molecule has 0 spiro atoms. The molecule has 0 fully saturated rings. The van der Waals surface area contributed by atoms with Gasteiger partial charge in [0.1, 0.15) is 0 Å². The maximum atomic E-state index is 10.6. The van der Waals surface area contributed by atoms with Crippen LogP contribution in [0.2, 0.25) is 5.32 Å². The van der Waals surface area contributed by atoms with Gasteiger partial charge in [0.2, 0.25) is 0 Å². The first kappa shape index (κ1) is 8.15. The number of likely N-dealkylation sites (N-methyl/N-ethyl adjacent to an activating group) is 1. The zero-order chi connectivity index (χ0) is 6.57. The molecule has 0 aromatic carbocycles. The Bertz CT molecular complexity index is 82.5. The van der Waals surface area contributed by atoms with E-state index in [9.17, 15) is 4.79 Å². The van der Waals surface area contributed by atoms with E-state index < -0.39 is 0 Å². The standard InChI is InChI=1S/C5H11NOSe/c1-6(2)3-5(7)4-8/h8H,3-4H2,1-2H3. The second-order valence-electron chi connectivity index (χ2n) is 1.93. The molecule has 0 radical (unpaired) electrons. The van der Waals surface area contributed by atoms with Gasteiger partial charge in [-0.25, -0.2) is 0 Å². The summed E-state index contributed by atoms with van der Waals surface area (Å²) >= 11 is 2.28. The van der Waals surface area contributed by atoms with Crippen LogP contribution in [0.25, 0.3) is 0 Å². The van der Waals surface area contributed by atoms with Gasteiger partial charge in [0, 0.05) is 0 Å². The van der Waals surface area contributed by atoms with Crippen LogP contribution in [0.5, 0.6) is 0 Å². The van der Waals surface area contributed by atoms with Crippen LogP contribution in [0.15, 0.2) is 0 Å².